The quantitative estimate of drug-likeness (QED) is 0.211. The molecule has 0 saturated heterocycles. The maximum atomic E-state index is 12.9. The van der Waals surface area contributed by atoms with Crippen molar-refractivity contribution in [2.24, 2.45) is 0 Å². The average Bonchev–Trinajstić information content (AvgIpc) is 3.23. The van der Waals surface area contributed by atoms with Crippen molar-refractivity contribution in [3.8, 4) is 0 Å². The Morgan fingerprint density at radius 2 is 1.94 bits per heavy atom. The van der Waals surface area contributed by atoms with Crippen LogP contribution in [0.4, 0.5) is 5.69 Å². The molecule has 0 radical (unpaired) electrons. The number of thioether (sulfide) groups is 1. The molecule has 0 amide bonds. The topological polar surface area (TPSA) is 103 Å². The molecule has 34 heavy (non-hydrogen) atoms. The minimum absolute atomic E-state index is 0.0577. The highest BCUT2D eigenvalue weighted by Crippen LogP contribution is 2.33. The Labute approximate surface area is 200 Å². The Balaban J connectivity index is 1.36. The maximum Gasteiger partial charge on any atom is 0.269 e. The molecule has 1 unspecified atom stereocenters. The molecule has 0 bridgehead atoms. The molecule has 4 aromatic rings. The highest BCUT2D eigenvalue weighted by Gasteiger charge is 2.28. The van der Waals surface area contributed by atoms with E-state index in [4.69, 9.17) is 0 Å². The lowest BCUT2D eigenvalue weighted by molar-refractivity contribution is -0.384. The summed E-state index contributed by atoms with van der Waals surface area (Å²) in [7, 11) is 0. The Hall–Kier alpha value is -3.59. The van der Waals surface area contributed by atoms with Crippen LogP contribution in [0.25, 0.3) is 5.78 Å². The zero-order chi connectivity index (χ0) is 23.8. The van der Waals surface area contributed by atoms with Crippen LogP contribution in [0.3, 0.4) is 0 Å². The SMILES string of the molecule is CC(C)c1ccc(C2CC(=O)c3cn4nc(SCc5cccc([N+](=O)[O-])c5)nc4nc3C2)cc1. The minimum atomic E-state index is -0.408. The number of hydrogen-bond donors (Lipinski definition) is 0. The summed E-state index contributed by atoms with van der Waals surface area (Å²) < 4.78 is 1.55. The molecule has 1 aliphatic carbocycles. The van der Waals surface area contributed by atoms with Crippen LogP contribution in [0.1, 0.15) is 64.8 Å². The first kappa shape index (κ1) is 22.2. The second kappa shape index (κ2) is 8.98. The van der Waals surface area contributed by atoms with E-state index in [0.717, 1.165) is 16.8 Å². The summed E-state index contributed by atoms with van der Waals surface area (Å²) >= 11 is 1.37. The van der Waals surface area contributed by atoms with Gasteiger partial charge in [-0.15, -0.1) is 5.10 Å². The van der Waals surface area contributed by atoms with E-state index in [1.807, 2.05) is 6.07 Å². The van der Waals surface area contributed by atoms with Gasteiger partial charge in [0, 0.05) is 30.5 Å². The van der Waals surface area contributed by atoms with Gasteiger partial charge in [0.15, 0.2) is 5.78 Å². The summed E-state index contributed by atoms with van der Waals surface area (Å²) in [6.45, 7) is 4.33. The van der Waals surface area contributed by atoms with Gasteiger partial charge in [0.05, 0.1) is 16.2 Å². The van der Waals surface area contributed by atoms with E-state index < -0.39 is 4.92 Å². The van der Waals surface area contributed by atoms with E-state index in [-0.39, 0.29) is 17.4 Å². The van der Waals surface area contributed by atoms with Gasteiger partial charge in [0.1, 0.15) is 0 Å². The summed E-state index contributed by atoms with van der Waals surface area (Å²) in [5.41, 5.74) is 4.66. The normalized spacial score (nSPS) is 15.6. The second-order valence-corrected chi connectivity index (χ2v) is 9.75. The Morgan fingerprint density at radius 3 is 2.68 bits per heavy atom. The molecule has 9 heteroatoms. The van der Waals surface area contributed by atoms with Crippen molar-refractivity contribution in [3.63, 3.8) is 0 Å². The van der Waals surface area contributed by atoms with Crippen LogP contribution >= 0.6 is 11.8 Å². The fourth-order valence-corrected chi connectivity index (χ4v) is 4.99. The number of ketones is 1. The van der Waals surface area contributed by atoms with Gasteiger partial charge in [0.25, 0.3) is 11.5 Å². The monoisotopic (exact) mass is 473 g/mol. The number of carbonyl (C=O) groups excluding carboxylic acids is 1. The van der Waals surface area contributed by atoms with Crippen molar-refractivity contribution in [1.82, 2.24) is 19.6 Å². The third kappa shape index (κ3) is 4.43. The van der Waals surface area contributed by atoms with E-state index in [1.54, 1.807) is 22.8 Å². The van der Waals surface area contributed by atoms with E-state index in [2.05, 4.69) is 53.2 Å². The van der Waals surface area contributed by atoms with E-state index in [9.17, 15) is 14.9 Å². The van der Waals surface area contributed by atoms with Crippen molar-refractivity contribution in [2.75, 3.05) is 0 Å². The fraction of sp³-hybridized carbons (Fsp3) is 0.280. The maximum absolute atomic E-state index is 12.9. The Bertz CT molecular complexity index is 1400. The zero-order valence-electron chi connectivity index (χ0n) is 18.8. The minimum Gasteiger partial charge on any atom is -0.294 e. The van der Waals surface area contributed by atoms with E-state index in [0.29, 0.717) is 41.0 Å². The predicted molar refractivity (Wildman–Crippen MR) is 129 cm³/mol. The number of aromatic nitrogens is 4. The van der Waals surface area contributed by atoms with Crippen LogP contribution < -0.4 is 0 Å². The highest BCUT2D eigenvalue weighted by atomic mass is 32.2. The van der Waals surface area contributed by atoms with Gasteiger partial charge < -0.3 is 0 Å². The number of Topliss-reactive ketones (excluding diaryl/α,β-unsaturated/α-hetero) is 1. The number of nitro groups is 1. The molecule has 0 saturated carbocycles. The van der Waals surface area contributed by atoms with Crippen molar-refractivity contribution >= 4 is 29.0 Å². The third-order valence-electron chi connectivity index (χ3n) is 6.13. The first-order chi connectivity index (χ1) is 16.4. The highest BCUT2D eigenvalue weighted by molar-refractivity contribution is 7.98. The first-order valence-corrected chi connectivity index (χ1v) is 12.1. The molecule has 0 aliphatic heterocycles. The van der Waals surface area contributed by atoms with E-state index in [1.165, 1.54) is 23.4 Å². The summed E-state index contributed by atoms with van der Waals surface area (Å²) in [4.78, 5) is 32.7. The molecule has 1 atom stereocenters. The molecule has 2 aromatic heterocycles. The number of fused-ring (bicyclic) bond motifs is 2. The molecule has 172 valence electrons. The largest absolute Gasteiger partial charge is 0.294 e. The molecule has 0 N–H and O–H groups in total. The van der Waals surface area contributed by atoms with Crippen molar-refractivity contribution in [3.05, 3.63) is 92.8 Å². The molecule has 0 fully saturated rings. The Morgan fingerprint density at radius 1 is 1.15 bits per heavy atom. The standard InChI is InChI=1S/C25H23N5O3S/c1-15(2)17-6-8-18(9-7-17)19-11-22-21(23(31)12-19)13-29-24(26-22)27-25(28-29)34-14-16-4-3-5-20(10-16)30(32)33/h3-10,13,15,19H,11-12,14H2,1-2H3. The van der Waals surface area contributed by atoms with Gasteiger partial charge in [-0.2, -0.15) is 4.98 Å². The second-order valence-electron chi connectivity index (χ2n) is 8.81. The summed E-state index contributed by atoms with van der Waals surface area (Å²) in [5.74, 6) is 1.57. The lowest BCUT2D eigenvalue weighted by Crippen LogP contribution is -2.21. The van der Waals surface area contributed by atoms with Gasteiger partial charge in [-0.25, -0.2) is 9.50 Å². The van der Waals surface area contributed by atoms with Crippen molar-refractivity contribution in [2.45, 2.75) is 49.4 Å². The molecule has 5 rings (SSSR count). The van der Waals surface area contributed by atoms with Crippen LogP contribution in [0.15, 0.2) is 59.9 Å². The summed E-state index contributed by atoms with van der Waals surface area (Å²) in [6, 6.07) is 15.0. The molecular formula is C25H23N5O3S. The van der Waals surface area contributed by atoms with Crippen LogP contribution in [-0.2, 0) is 12.2 Å². The number of nitro benzene ring substituents is 1. The molecule has 0 spiro atoms. The number of rotatable bonds is 6. The first-order valence-electron chi connectivity index (χ1n) is 11.1. The van der Waals surface area contributed by atoms with Gasteiger partial charge >= 0.3 is 0 Å². The predicted octanol–water partition coefficient (Wildman–Crippen LogP) is 5.36. The number of benzene rings is 2. The molecule has 8 nitrogen and oxygen atoms in total. The summed E-state index contributed by atoms with van der Waals surface area (Å²) in [5, 5.41) is 15.9. The third-order valence-corrected chi connectivity index (χ3v) is 7.04. The van der Waals surface area contributed by atoms with E-state index >= 15 is 0 Å². The van der Waals surface area contributed by atoms with Gasteiger partial charge in [-0.05, 0) is 34.9 Å². The molecular weight excluding hydrogens is 450 g/mol. The molecule has 2 heterocycles. The summed E-state index contributed by atoms with van der Waals surface area (Å²) in [6.07, 6.45) is 2.86. The van der Waals surface area contributed by atoms with Crippen LogP contribution in [0.2, 0.25) is 0 Å². The van der Waals surface area contributed by atoms with Gasteiger partial charge in [-0.1, -0.05) is 62.0 Å². The molecule has 2 aromatic carbocycles. The molecule has 1 aliphatic rings. The number of hydrogen-bond acceptors (Lipinski definition) is 7. The lowest BCUT2D eigenvalue weighted by atomic mass is 9.81. The van der Waals surface area contributed by atoms with Crippen LogP contribution in [0, 0.1) is 10.1 Å². The van der Waals surface area contributed by atoms with Crippen molar-refractivity contribution < 1.29 is 9.72 Å². The average molecular weight is 474 g/mol. The zero-order valence-corrected chi connectivity index (χ0v) is 19.7. The Kier molecular flexibility index (Phi) is 5.87. The van der Waals surface area contributed by atoms with Crippen LogP contribution in [-0.4, -0.2) is 30.3 Å². The van der Waals surface area contributed by atoms with Crippen LogP contribution in [0.5, 0.6) is 0 Å². The smallest absolute Gasteiger partial charge is 0.269 e. The van der Waals surface area contributed by atoms with Gasteiger partial charge in [0.2, 0.25) is 5.16 Å². The van der Waals surface area contributed by atoms with Gasteiger partial charge in [-0.3, -0.25) is 14.9 Å². The number of nitrogens with zero attached hydrogens (tertiary/aromatic N) is 5. The lowest BCUT2D eigenvalue weighted by Gasteiger charge is -2.23. The number of carbonyl (C=O) groups is 1. The van der Waals surface area contributed by atoms with Crippen molar-refractivity contribution in [1.29, 1.82) is 0 Å². The number of non-ortho nitro benzene ring substituents is 1. The fourth-order valence-electron chi connectivity index (χ4n) is 4.22.